The predicted octanol–water partition coefficient (Wildman–Crippen LogP) is 2.09. The first-order valence-corrected chi connectivity index (χ1v) is 6.16. The van der Waals surface area contributed by atoms with E-state index in [-0.39, 0.29) is 0 Å². The van der Waals surface area contributed by atoms with E-state index in [9.17, 15) is 0 Å². The Bertz CT molecular complexity index is 566. The monoisotopic (exact) mass is 263 g/mol. The molecular formula is C11H13N5OS. The van der Waals surface area contributed by atoms with E-state index in [2.05, 4.69) is 25.5 Å². The second kappa shape index (κ2) is 5.54. The highest BCUT2D eigenvalue weighted by atomic mass is 32.1. The summed E-state index contributed by atoms with van der Waals surface area (Å²) in [6, 6.07) is 1.68. The van der Waals surface area contributed by atoms with Crippen LogP contribution in [0.2, 0.25) is 0 Å². The van der Waals surface area contributed by atoms with Gasteiger partial charge in [0.1, 0.15) is 0 Å². The van der Waals surface area contributed by atoms with Gasteiger partial charge >= 0.3 is 0 Å². The molecule has 2 heterocycles. The quantitative estimate of drug-likeness (QED) is 0.675. The molecule has 0 bridgehead atoms. The molecule has 0 amide bonds. The molecule has 0 atom stereocenters. The van der Waals surface area contributed by atoms with Crippen LogP contribution < -0.4 is 10.2 Å². The van der Waals surface area contributed by atoms with Gasteiger partial charge in [-0.05, 0) is 13.8 Å². The molecule has 0 fully saturated rings. The average Bonchev–Trinajstić information content (AvgIpc) is 2.82. The molecule has 6 nitrogen and oxygen atoms in total. The van der Waals surface area contributed by atoms with Gasteiger partial charge in [-0.3, -0.25) is 0 Å². The van der Waals surface area contributed by atoms with E-state index < -0.39 is 0 Å². The third kappa shape index (κ3) is 2.80. The van der Waals surface area contributed by atoms with Crippen LogP contribution in [0.3, 0.4) is 0 Å². The maximum atomic E-state index is 5.01. The summed E-state index contributed by atoms with van der Waals surface area (Å²) in [6.45, 7) is 3.86. The second-order valence-corrected chi connectivity index (χ2v) is 4.35. The average molecular weight is 263 g/mol. The fourth-order valence-corrected chi connectivity index (χ4v) is 2.10. The molecule has 94 valence electrons. The highest BCUT2D eigenvalue weighted by Gasteiger charge is 2.05. The zero-order valence-electron chi connectivity index (χ0n) is 10.3. The number of rotatable bonds is 4. The van der Waals surface area contributed by atoms with E-state index >= 15 is 0 Å². The van der Waals surface area contributed by atoms with Crippen LogP contribution in [0.15, 0.2) is 22.9 Å². The third-order valence-electron chi connectivity index (χ3n) is 2.24. The van der Waals surface area contributed by atoms with Gasteiger partial charge < -0.3 is 4.74 Å². The zero-order valence-corrected chi connectivity index (χ0v) is 11.2. The van der Waals surface area contributed by atoms with E-state index in [1.54, 1.807) is 36.2 Å². The smallest absolute Gasteiger partial charge is 0.246 e. The van der Waals surface area contributed by atoms with Gasteiger partial charge in [0.05, 0.1) is 28.9 Å². The number of hydrazone groups is 1. The second-order valence-electron chi connectivity index (χ2n) is 3.50. The van der Waals surface area contributed by atoms with Crippen LogP contribution in [-0.2, 0) is 0 Å². The van der Waals surface area contributed by atoms with Crippen molar-refractivity contribution in [1.29, 1.82) is 0 Å². The van der Waals surface area contributed by atoms with E-state index in [1.807, 2.05) is 13.8 Å². The Morgan fingerprint density at radius 3 is 2.94 bits per heavy atom. The third-order valence-corrected chi connectivity index (χ3v) is 3.27. The van der Waals surface area contributed by atoms with E-state index in [0.717, 1.165) is 16.3 Å². The number of hydrogen-bond donors (Lipinski definition) is 1. The summed E-state index contributed by atoms with van der Waals surface area (Å²) in [5.41, 5.74) is 6.41. The van der Waals surface area contributed by atoms with Crippen molar-refractivity contribution in [3.63, 3.8) is 0 Å². The highest BCUT2D eigenvalue weighted by molar-refractivity contribution is 7.12. The summed E-state index contributed by atoms with van der Waals surface area (Å²) in [5.74, 6) is 0.894. The summed E-state index contributed by atoms with van der Waals surface area (Å²) in [6.07, 6.45) is 1.61. The summed E-state index contributed by atoms with van der Waals surface area (Å²) in [4.78, 5) is 13.4. The molecule has 0 saturated heterocycles. The van der Waals surface area contributed by atoms with Crippen LogP contribution in [-0.4, -0.2) is 27.8 Å². The molecule has 0 aliphatic rings. The minimum absolute atomic E-state index is 0.399. The van der Waals surface area contributed by atoms with Crippen molar-refractivity contribution in [1.82, 2.24) is 15.0 Å². The first-order chi connectivity index (χ1) is 8.70. The summed E-state index contributed by atoms with van der Waals surface area (Å²) >= 11 is 1.55. The number of aryl methyl sites for hydroxylation is 1. The zero-order chi connectivity index (χ0) is 13.0. The molecule has 0 aliphatic carbocycles. The van der Waals surface area contributed by atoms with Crippen molar-refractivity contribution in [3.05, 3.63) is 28.3 Å². The number of hydrogen-bond acceptors (Lipinski definition) is 7. The molecule has 0 unspecified atom stereocenters. The van der Waals surface area contributed by atoms with Crippen molar-refractivity contribution >= 4 is 23.0 Å². The van der Waals surface area contributed by atoms with Crippen molar-refractivity contribution in [2.24, 2.45) is 5.10 Å². The van der Waals surface area contributed by atoms with E-state index in [1.165, 1.54) is 0 Å². The molecule has 7 heteroatoms. The molecule has 18 heavy (non-hydrogen) atoms. The molecule has 2 aromatic rings. The SMILES string of the molecule is COc1ccnc(N/N=C(\C)c2scnc2C)n1. The largest absolute Gasteiger partial charge is 0.481 e. The van der Waals surface area contributed by atoms with Crippen molar-refractivity contribution in [3.8, 4) is 5.88 Å². The summed E-state index contributed by atoms with van der Waals surface area (Å²) in [5, 5.41) is 4.23. The summed E-state index contributed by atoms with van der Waals surface area (Å²) < 4.78 is 5.01. The molecule has 0 spiro atoms. The van der Waals surface area contributed by atoms with Crippen LogP contribution in [0.25, 0.3) is 0 Å². The fraction of sp³-hybridized carbons (Fsp3) is 0.273. The topological polar surface area (TPSA) is 72.3 Å². The minimum atomic E-state index is 0.399. The summed E-state index contributed by atoms with van der Waals surface area (Å²) in [7, 11) is 1.56. The highest BCUT2D eigenvalue weighted by Crippen LogP contribution is 2.14. The predicted molar refractivity (Wildman–Crippen MR) is 71.3 cm³/mol. The first-order valence-electron chi connectivity index (χ1n) is 5.28. The maximum absolute atomic E-state index is 5.01. The number of ether oxygens (including phenoxy) is 1. The lowest BCUT2D eigenvalue weighted by Crippen LogP contribution is -2.02. The normalized spacial score (nSPS) is 11.4. The van der Waals surface area contributed by atoms with Gasteiger partial charge in [-0.15, -0.1) is 11.3 Å². The molecule has 1 N–H and O–H groups in total. The van der Waals surface area contributed by atoms with Crippen LogP contribution in [0, 0.1) is 6.92 Å². The molecule has 2 rings (SSSR count). The molecule has 2 aromatic heterocycles. The Hall–Kier alpha value is -2.02. The maximum Gasteiger partial charge on any atom is 0.246 e. The Balaban J connectivity index is 2.12. The van der Waals surface area contributed by atoms with Gasteiger partial charge in [0.25, 0.3) is 0 Å². The molecule has 0 saturated carbocycles. The van der Waals surface area contributed by atoms with Crippen LogP contribution in [0.5, 0.6) is 5.88 Å². The van der Waals surface area contributed by atoms with Crippen LogP contribution >= 0.6 is 11.3 Å². The molecule has 0 aromatic carbocycles. The van der Waals surface area contributed by atoms with E-state index in [4.69, 9.17) is 4.74 Å². The molecule has 0 aliphatic heterocycles. The Morgan fingerprint density at radius 2 is 2.28 bits per heavy atom. The number of methoxy groups -OCH3 is 1. The number of aromatic nitrogens is 3. The first kappa shape index (κ1) is 12.4. The Kier molecular flexibility index (Phi) is 3.83. The molecular weight excluding hydrogens is 250 g/mol. The van der Waals surface area contributed by atoms with E-state index in [0.29, 0.717) is 11.8 Å². The van der Waals surface area contributed by atoms with Crippen molar-refractivity contribution < 1.29 is 4.74 Å². The van der Waals surface area contributed by atoms with Gasteiger partial charge in [0, 0.05) is 12.3 Å². The fourth-order valence-electron chi connectivity index (χ4n) is 1.34. The van der Waals surface area contributed by atoms with Crippen molar-refractivity contribution in [2.75, 3.05) is 12.5 Å². The number of nitrogens with zero attached hydrogens (tertiary/aromatic N) is 4. The van der Waals surface area contributed by atoms with Gasteiger partial charge in [-0.2, -0.15) is 10.1 Å². The lowest BCUT2D eigenvalue weighted by atomic mass is 10.3. The van der Waals surface area contributed by atoms with Crippen LogP contribution in [0.4, 0.5) is 5.95 Å². The Labute approximate surface area is 109 Å². The Morgan fingerprint density at radius 1 is 1.44 bits per heavy atom. The minimum Gasteiger partial charge on any atom is -0.481 e. The lowest BCUT2D eigenvalue weighted by molar-refractivity contribution is 0.397. The van der Waals surface area contributed by atoms with Gasteiger partial charge in [0.15, 0.2) is 0 Å². The van der Waals surface area contributed by atoms with Gasteiger partial charge in [-0.1, -0.05) is 0 Å². The van der Waals surface area contributed by atoms with Gasteiger partial charge in [-0.25, -0.2) is 15.4 Å². The number of nitrogens with one attached hydrogen (secondary N) is 1. The standard InChI is InChI=1S/C11H13N5OS/c1-7-10(18-6-13-7)8(2)15-16-11-12-5-4-9(14-11)17-3/h4-6H,1-3H3,(H,12,14,16)/b15-8+. The van der Waals surface area contributed by atoms with Crippen molar-refractivity contribution in [2.45, 2.75) is 13.8 Å². The lowest BCUT2D eigenvalue weighted by Gasteiger charge is -2.02. The van der Waals surface area contributed by atoms with Crippen LogP contribution in [0.1, 0.15) is 17.5 Å². The number of anilines is 1. The number of thiazole rings is 1. The molecule has 0 radical (unpaired) electrons. The van der Waals surface area contributed by atoms with Gasteiger partial charge in [0.2, 0.25) is 11.8 Å².